The zero-order valence-corrected chi connectivity index (χ0v) is 14.3. The van der Waals surface area contributed by atoms with Crippen LogP contribution in [0.5, 0.6) is 0 Å². The van der Waals surface area contributed by atoms with Gasteiger partial charge in [0.25, 0.3) is 5.91 Å². The number of hydrogen-bond donors (Lipinski definition) is 1. The molecule has 1 aromatic carbocycles. The van der Waals surface area contributed by atoms with Crippen molar-refractivity contribution in [3.63, 3.8) is 0 Å². The number of nitrogens with one attached hydrogen (secondary N) is 1. The van der Waals surface area contributed by atoms with E-state index >= 15 is 0 Å². The van der Waals surface area contributed by atoms with Crippen LogP contribution in [0.15, 0.2) is 18.2 Å². The van der Waals surface area contributed by atoms with Gasteiger partial charge in [0.05, 0.1) is 17.3 Å². The van der Waals surface area contributed by atoms with Crippen molar-refractivity contribution in [3.05, 3.63) is 29.5 Å². The predicted octanol–water partition coefficient (Wildman–Crippen LogP) is 3.04. The number of hydrogen-bond acceptors (Lipinski definition) is 3. The minimum Gasteiger partial charge on any atom is -0.381 e. The smallest absolute Gasteiger partial charge is 0.251 e. The van der Waals surface area contributed by atoms with E-state index in [4.69, 9.17) is 9.84 Å². The molecular weight excluding hydrogens is 290 g/mol. The summed E-state index contributed by atoms with van der Waals surface area (Å²) >= 11 is 0. The number of fused-ring (bicyclic) bond motifs is 1. The summed E-state index contributed by atoms with van der Waals surface area (Å²) in [7, 11) is 1.66. The van der Waals surface area contributed by atoms with E-state index in [0.717, 1.165) is 42.7 Å². The van der Waals surface area contributed by atoms with Gasteiger partial charge in [0.1, 0.15) is 0 Å². The first-order valence-corrected chi connectivity index (χ1v) is 8.24. The lowest BCUT2D eigenvalue weighted by atomic mass is 9.89. The maximum absolute atomic E-state index is 12.0. The molecule has 1 aromatic heterocycles. The standard InChI is InChI=1S/C18H25N3O2/c1-18(2,3)16-14-11-12(17(22)19-4)5-6-15(14)21(20-16)13-7-9-23-10-8-13/h5-6,11,13H,7-10H2,1-4H3,(H,19,22). The van der Waals surface area contributed by atoms with E-state index in [1.807, 2.05) is 18.2 Å². The number of ether oxygens (including phenoxy) is 1. The van der Waals surface area contributed by atoms with Gasteiger partial charge in [-0.15, -0.1) is 0 Å². The predicted molar refractivity (Wildman–Crippen MR) is 90.9 cm³/mol. The number of aromatic nitrogens is 2. The van der Waals surface area contributed by atoms with Crippen molar-refractivity contribution in [1.82, 2.24) is 15.1 Å². The van der Waals surface area contributed by atoms with Gasteiger partial charge in [-0.1, -0.05) is 20.8 Å². The third-order valence-electron chi connectivity index (χ3n) is 4.44. The van der Waals surface area contributed by atoms with Gasteiger partial charge in [-0.3, -0.25) is 9.48 Å². The van der Waals surface area contributed by atoms with Crippen LogP contribution in [0.4, 0.5) is 0 Å². The summed E-state index contributed by atoms with van der Waals surface area (Å²) < 4.78 is 7.62. The van der Waals surface area contributed by atoms with Crippen LogP contribution in [0.1, 0.15) is 55.7 Å². The largest absolute Gasteiger partial charge is 0.381 e. The van der Waals surface area contributed by atoms with Gasteiger partial charge >= 0.3 is 0 Å². The number of carbonyl (C=O) groups excluding carboxylic acids is 1. The molecule has 1 aliphatic rings. The Balaban J connectivity index is 2.16. The molecule has 0 aliphatic carbocycles. The highest BCUT2D eigenvalue weighted by Gasteiger charge is 2.26. The molecule has 3 rings (SSSR count). The van der Waals surface area contributed by atoms with Gasteiger partial charge in [-0.25, -0.2) is 0 Å². The SMILES string of the molecule is CNC(=O)c1ccc2c(c1)c(C(C)(C)C)nn2C1CCOCC1. The van der Waals surface area contributed by atoms with E-state index < -0.39 is 0 Å². The third kappa shape index (κ3) is 2.98. The van der Waals surface area contributed by atoms with Gasteiger partial charge < -0.3 is 10.1 Å². The van der Waals surface area contributed by atoms with Crippen LogP contribution in [0.25, 0.3) is 10.9 Å². The quantitative estimate of drug-likeness (QED) is 0.926. The van der Waals surface area contributed by atoms with E-state index in [-0.39, 0.29) is 11.3 Å². The molecule has 0 saturated carbocycles. The lowest BCUT2D eigenvalue weighted by Crippen LogP contribution is -2.21. The number of amides is 1. The molecule has 1 amide bonds. The van der Waals surface area contributed by atoms with Crippen molar-refractivity contribution in [2.75, 3.05) is 20.3 Å². The van der Waals surface area contributed by atoms with Gasteiger partial charge in [-0.05, 0) is 31.0 Å². The summed E-state index contributed by atoms with van der Waals surface area (Å²) in [5.41, 5.74) is 2.76. The highest BCUT2D eigenvalue weighted by molar-refractivity contribution is 5.98. The molecule has 0 spiro atoms. The fourth-order valence-electron chi connectivity index (χ4n) is 3.19. The fourth-order valence-corrected chi connectivity index (χ4v) is 3.19. The van der Waals surface area contributed by atoms with E-state index in [2.05, 4.69) is 30.8 Å². The van der Waals surface area contributed by atoms with Crippen molar-refractivity contribution < 1.29 is 9.53 Å². The first kappa shape index (κ1) is 16.0. The molecule has 5 heteroatoms. The molecule has 23 heavy (non-hydrogen) atoms. The van der Waals surface area contributed by atoms with Crippen LogP contribution >= 0.6 is 0 Å². The first-order valence-electron chi connectivity index (χ1n) is 8.24. The third-order valence-corrected chi connectivity index (χ3v) is 4.44. The van der Waals surface area contributed by atoms with Crippen LogP contribution in [-0.2, 0) is 10.2 Å². The monoisotopic (exact) mass is 315 g/mol. The molecular formula is C18H25N3O2. The Labute approximate surface area is 137 Å². The van der Waals surface area contributed by atoms with Gasteiger partial charge in [0, 0.05) is 36.6 Å². The Hall–Kier alpha value is -1.88. The maximum Gasteiger partial charge on any atom is 0.251 e. The average molecular weight is 315 g/mol. The van der Waals surface area contributed by atoms with Crippen LogP contribution in [0, 0.1) is 0 Å². The lowest BCUT2D eigenvalue weighted by Gasteiger charge is -2.23. The topological polar surface area (TPSA) is 56.2 Å². The highest BCUT2D eigenvalue weighted by atomic mass is 16.5. The summed E-state index contributed by atoms with van der Waals surface area (Å²) in [6.07, 6.45) is 1.97. The Kier molecular flexibility index (Phi) is 4.15. The second-order valence-electron chi connectivity index (χ2n) is 7.20. The van der Waals surface area contributed by atoms with Crippen molar-refractivity contribution in [3.8, 4) is 0 Å². The summed E-state index contributed by atoms with van der Waals surface area (Å²) in [6.45, 7) is 8.06. The second-order valence-corrected chi connectivity index (χ2v) is 7.20. The van der Waals surface area contributed by atoms with E-state index in [1.54, 1.807) is 7.05 Å². The molecule has 1 saturated heterocycles. The fraction of sp³-hybridized carbons (Fsp3) is 0.556. The minimum absolute atomic E-state index is 0.0643. The molecule has 1 N–H and O–H groups in total. The van der Waals surface area contributed by atoms with Crippen LogP contribution in [-0.4, -0.2) is 35.9 Å². The molecule has 2 heterocycles. The Morgan fingerprint density at radius 1 is 1.30 bits per heavy atom. The van der Waals surface area contributed by atoms with Crippen molar-refractivity contribution >= 4 is 16.8 Å². The molecule has 5 nitrogen and oxygen atoms in total. The number of carbonyl (C=O) groups is 1. The Morgan fingerprint density at radius 3 is 2.61 bits per heavy atom. The van der Waals surface area contributed by atoms with Gasteiger partial charge in [0.15, 0.2) is 0 Å². The maximum atomic E-state index is 12.0. The molecule has 0 radical (unpaired) electrons. The van der Waals surface area contributed by atoms with Crippen molar-refractivity contribution in [1.29, 1.82) is 0 Å². The molecule has 0 bridgehead atoms. The van der Waals surface area contributed by atoms with Crippen LogP contribution in [0.2, 0.25) is 0 Å². The van der Waals surface area contributed by atoms with Crippen LogP contribution < -0.4 is 5.32 Å². The minimum atomic E-state index is -0.0734. The van der Waals surface area contributed by atoms with Gasteiger partial charge in [-0.2, -0.15) is 5.10 Å². The van der Waals surface area contributed by atoms with Crippen molar-refractivity contribution in [2.45, 2.75) is 45.1 Å². The normalized spacial score (nSPS) is 16.7. The first-order chi connectivity index (χ1) is 10.9. The molecule has 1 aliphatic heterocycles. The number of rotatable bonds is 2. The van der Waals surface area contributed by atoms with Crippen molar-refractivity contribution in [2.24, 2.45) is 0 Å². The summed E-state index contributed by atoms with van der Waals surface area (Å²) in [4.78, 5) is 12.0. The molecule has 124 valence electrons. The molecule has 1 fully saturated rings. The molecule has 0 unspecified atom stereocenters. The molecule has 2 aromatic rings. The summed E-state index contributed by atoms with van der Waals surface area (Å²) in [5.74, 6) is -0.0643. The number of nitrogens with zero attached hydrogens (tertiary/aromatic N) is 2. The highest BCUT2D eigenvalue weighted by Crippen LogP contribution is 2.33. The summed E-state index contributed by atoms with van der Waals surface area (Å²) in [5, 5.41) is 8.71. The number of benzene rings is 1. The molecule has 0 atom stereocenters. The Morgan fingerprint density at radius 2 is 2.00 bits per heavy atom. The van der Waals surface area contributed by atoms with E-state index in [9.17, 15) is 4.79 Å². The zero-order valence-electron chi connectivity index (χ0n) is 14.3. The zero-order chi connectivity index (χ0) is 16.6. The second kappa shape index (κ2) is 5.96. The van der Waals surface area contributed by atoms with Gasteiger partial charge in [0.2, 0.25) is 0 Å². The van der Waals surface area contributed by atoms with E-state index in [0.29, 0.717) is 11.6 Å². The Bertz CT molecular complexity index is 722. The lowest BCUT2D eigenvalue weighted by molar-refractivity contribution is 0.0672. The average Bonchev–Trinajstić information content (AvgIpc) is 2.93. The summed E-state index contributed by atoms with van der Waals surface area (Å²) in [6, 6.07) is 6.24. The van der Waals surface area contributed by atoms with E-state index in [1.165, 1.54) is 0 Å². The van der Waals surface area contributed by atoms with Crippen LogP contribution in [0.3, 0.4) is 0 Å².